The Morgan fingerprint density at radius 2 is 2.05 bits per heavy atom. The average Bonchev–Trinajstić information content (AvgIpc) is 2.90. The molecule has 3 unspecified atom stereocenters. The van der Waals surface area contributed by atoms with Gasteiger partial charge in [0.05, 0.1) is 0 Å². The first-order valence-corrected chi connectivity index (χ1v) is 9.18. The van der Waals surface area contributed by atoms with E-state index in [4.69, 9.17) is 5.73 Å². The Morgan fingerprint density at radius 1 is 1.20 bits per heavy atom. The molecule has 2 N–H and O–H groups in total. The predicted octanol–water partition coefficient (Wildman–Crippen LogP) is 4.56. The minimum absolute atomic E-state index is 0.390. The van der Waals surface area contributed by atoms with Crippen molar-refractivity contribution >= 4 is 11.8 Å². The normalized spacial score (nSPS) is 29.4. The molecule has 1 fully saturated rings. The Kier molecular flexibility index (Phi) is 4.72. The number of fused-ring (bicyclic) bond motifs is 1. The van der Waals surface area contributed by atoms with Gasteiger partial charge in [-0.25, -0.2) is 0 Å². The molecule has 110 valence electrons. The van der Waals surface area contributed by atoms with E-state index in [9.17, 15) is 0 Å². The van der Waals surface area contributed by atoms with Gasteiger partial charge in [0.15, 0.2) is 0 Å². The third-order valence-corrected chi connectivity index (χ3v) is 6.38. The quantitative estimate of drug-likeness (QED) is 0.879. The van der Waals surface area contributed by atoms with Gasteiger partial charge >= 0.3 is 0 Å². The summed E-state index contributed by atoms with van der Waals surface area (Å²) >= 11 is 2.04. The third-order valence-electron chi connectivity index (χ3n) is 5.01. The van der Waals surface area contributed by atoms with Crippen molar-refractivity contribution in [2.75, 3.05) is 0 Å². The first-order chi connectivity index (χ1) is 9.76. The van der Waals surface area contributed by atoms with E-state index in [1.807, 2.05) is 11.8 Å². The van der Waals surface area contributed by atoms with Crippen LogP contribution in [-0.4, -0.2) is 11.3 Å². The van der Waals surface area contributed by atoms with E-state index in [-0.39, 0.29) is 0 Å². The van der Waals surface area contributed by atoms with Crippen LogP contribution in [0.25, 0.3) is 0 Å². The van der Waals surface area contributed by atoms with Crippen LogP contribution < -0.4 is 5.73 Å². The molecule has 0 aromatic heterocycles. The van der Waals surface area contributed by atoms with Crippen LogP contribution in [0.2, 0.25) is 0 Å². The molecule has 1 saturated carbocycles. The van der Waals surface area contributed by atoms with Crippen LogP contribution in [0.5, 0.6) is 0 Å². The van der Waals surface area contributed by atoms with Gasteiger partial charge in [0.2, 0.25) is 0 Å². The molecule has 0 aliphatic heterocycles. The average molecular weight is 289 g/mol. The fourth-order valence-corrected chi connectivity index (χ4v) is 5.22. The number of nitrogens with two attached hydrogens (primary N) is 1. The molecule has 1 aromatic carbocycles. The standard InChI is InChI=1S/C18H27NS/c1-2-4-13-7-10-17(19)18(11-13)20-16-9-8-14-5-3-6-15(14)12-16/h8-9,12-13,17-18H,2-7,10-11,19H2,1H3. The van der Waals surface area contributed by atoms with Gasteiger partial charge in [-0.3, -0.25) is 0 Å². The number of aryl methyl sites for hydroxylation is 2. The molecule has 20 heavy (non-hydrogen) atoms. The highest BCUT2D eigenvalue weighted by atomic mass is 32.2. The molecule has 0 spiro atoms. The van der Waals surface area contributed by atoms with E-state index in [1.54, 1.807) is 11.1 Å². The van der Waals surface area contributed by atoms with E-state index < -0.39 is 0 Å². The number of benzene rings is 1. The van der Waals surface area contributed by atoms with Gasteiger partial charge < -0.3 is 5.73 Å². The zero-order valence-corrected chi connectivity index (χ0v) is 13.4. The lowest BCUT2D eigenvalue weighted by molar-refractivity contribution is 0.317. The van der Waals surface area contributed by atoms with E-state index in [1.165, 1.54) is 56.3 Å². The summed E-state index contributed by atoms with van der Waals surface area (Å²) in [5.74, 6) is 0.909. The summed E-state index contributed by atoms with van der Waals surface area (Å²) < 4.78 is 0. The Morgan fingerprint density at radius 3 is 2.90 bits per heavy atom. The summed E-state index contributed by atoms with van der Waals surface area (Å²) in [6, 6.07) is 7.50. The Hall–Kier alpha value is -0.470. The maximum absolute atomic E-state index is 6.38. The molecule has 0 radical (unpaired) electrons. The van der Waals surface area contributed by atoms with Crippen molar-refractivity contribution < 1.29 is 0 Å². The largest absolute Gasteiger partial charge is 0.327 e. The molecule has 0 bridgehead atoms. The number of thioether (sulfide) groups is 1. The molecular weight excluding hydrogens is 262 g/mol. The van der Waals surface area contributed by atoms with Crippen molar-refractivity contribution in [2.45, 2.75) is 74.5 Å². The van der Waals surface area contributed by atoms with Crippen molar-refractivity contribution in [3.8, 4) is 0 Å². The molecule has 3 atom stereocenters. The highest BCUT2D eigenvalue weighted by Crippen LogP contribution is 2.38. The van der Waals surface area contributed by atoms with Gasteiger partial charge in [0.1, 0.15) is 0 Å². The van der Waals surface area contributed by atoms with E-state index in [0.29, 0.717) is 11.3 Å². The first kappa shape index (κ1) is 14.5. The second-order valence-corrected chi connectivity index (χ2v) is 7.88. The van der Waals surface area contributed by atoms with Gasteiger partial charge in [-0.1, -0.05) is 25.8 Å². The molecule has 2 aliphatic carbocycles. The lowest BCUT2D eigenvalue weighted by Gasteiger charge is -2.33. The summed E-state index contributed by atoms with van der Waals surface area (Å²) in [6.07, 6.45) is 10.5. The van der Waals surface area contributed by atoms with Gasteiger partial charge in [0, 0.05) is 16.2 Å². The van der Waals surface area contributed by atoms with Gasteiger partial charge in [0.25, 0.3) is 0 Å². The predicted molar refractivity (Wildman–Crippen MR) is 88.3 cm³/mol. The van der Waals surface area contributed by atoms with Crippen molar-refractivity contribution in [3.05, 3.63) is 29.3 Å². The smallest absolute Gasteiger partial charge is 0.0248 e. The topological polar surface area (TPSA) is 26.0 Å². The van der Waals surface area contributed by atoms with Gasteiger partial charge in [-0.2, -0.15) is 0 Å². The summed E-state index contributed by atoms with van der Waals surface area (Å²) in [6.45, 7) is 2.30. The van der Waals surface area contributed by atoms with Gasteiger partial charge in [-0.05, 0) is 67.7 Å². The van der Waals surface area contributed by atoms with E-state index in [2.05, 4.69) is 25.1 Å². The molecule has 0 amide bonds. The zero-order valence-electron chi connectivity index (χ0n) is 12.6. The fourth-order valence-electron chi connectivity index (χ4n) is 3.84. The van der Waals surface area contributed by atoms with Gasteiger partial charge in [-0.15, -0.1) is 11.8 Å². The highest BCUT2D eigenvalue weighted by molar-refractivity contribution is 8.00. The van der Waals surface area contributed by atoms with Crippen LogP contribution >= 0.6 is 11.8 Å². The lowest BCUT2D eigenvalue weighted by Crippen LogP contribution is -2.38. The Labute approximate surface area is 127 Å². The molecule has 2 heteroatoms. The van der Waals surface area contributed by atoms with Crippen molar-refractivity contribution in [3.63, 3.8) is 0 Å². The summed E-state index contributed by atoms with van der Waals surface area (Å²) in [5, 5.41) is 0.625. The highest BCUT2D eigenvalue weighted by Gasteiger charge is 2.28. The van der Waals surface area contributed by atoms with Crippen LogP contribution in [0.3, 0.4) is 0 Å². The number of hydrogen-bond donors (Lipinski definition) is 1. The van der Waals surface area contributed by atoms with Crippen LogP contribution in [0.1, 0.15) is 56.6 Å². The van der Waals surface area contributed by atoms with Crippen LogP contribution in [-0.2, 0) is 12.8 Å². The molecule has 0 saturated heterocycles. The minimum atomic E-state index is 0.390. The first-order valence-electron chi connectivity index (χ1n) is 8.30. The summed E-state index contributed by atoms with van der Waals surface area (Å²) in [5.41, 5.74) is 9.54. The summed E-state index contributed by atoms with van der Waals surface area (Å²) in [7, 11) is 0. The Balaban J connectivity index is 1.66. The number of rotatable bonds is 4. The van der Waals surface area contributed by atoms with E-state index >= 15 is 0 Å². The molecule has 1 aromatic rings. The lowest BCUT2D eigenvalue weighted by atomic mass is 9.83. The summed E-state index contributed by atoms with van der Waals surface area (Å²) in [4.78, 5) is 1.45. The van der Waals surface area contributed by atoms with Crippen LogP contribution in [0.4, 0.5) is 0 Å². The molecule has 3 rings (SSSR count). The molecular formula is C18H27NS. The second-order valence-electron chi connectivity index (χ2n) is 6.57. The van der Waals surface area contributed by atoms with Crippen molar-refractivity contribution in [2.24, 2.45) is 11.7 Å². The molecule has 0 heterocycles. The van der Waals surface area contributed by atoms with Crippen molar-refractivity contribution in [1.29, 1.82) is 0 Å². The monoisotopic (exact) mass is 289 g/mol. The maximum Gasteiger partial charge on any atom is 0.0248 e. The van der Waals surface area contributed by atoms with Crippen molar-refractivity contribution in [1.82, 2.24) is 0 Å². The van der Waals surface area contributed by atoms with Crippen LogP contribution in [0, 0.1) is 5.92 Å². The zero-order chi connectivity index (χ0) is 13.9. The minimum Gasteiger partial charge on any atom is -0.327 e. The van der Waals surface area contributed by atoms with E-state index in [0.717, 1.165) is 5.92 Å². The Bertz CT molecular complexity index is 457. The molecule has 2 aliphatic rings. The fraction of sp³-hybridized carbons (Fsp3) is 0.667. The van der Waals surface area contributed by atoms with Crippen LogP contribution in [0.15, 0.2) is 23.1 Å². The molecule has 1 nitrogen and oxygen atoms in total. The maximum atomic E-state index is 6.38. The number of hydrogen-bond acceptors (Lipinski definition) is 2. The SMILES string of the molecule is CCCC1CCC(N)C(Sc2ccc3c(c2)CCC3)C1. The third kappa shape index (κ3) is 3.23. The second kappa shape index (κ2) is 6.53.